The van der Waals surface area contributed by atoms with Crippen molar-refractivity contribution in [3.8, 4) is 0 Å². The van der Waals surface area contributed by atoms with Gasteiger partial charge in [-0.2, -0.15) is 0 Å². The average Bonchev–Trinajstić information content (AvgIpc) is 2.80. The minimum atomic E-state index is 0.633. The fraction of sp³-hybridized carbons (Fsp3) is 0.812. The first-order chi connectivity index (χ1) is 9.19. The molecule has 1 aromatic rings. The average molecular weight is 280 g/mol. The Morgan fingerprint density at radius 3 is 2.95 bits per heavy atom. The molecule has 0 bridgehead atoms. The van der Waals surface area contributed by atoms with Crippen molar-refractivity contribution in [1.82, 2.24) is 10.3 Å². The Hall–Kier alpha value is -0.410. The predicted molar refractivity (Wildman–Crippen MR) is 83.8 cm³/mol. The van der Waals surface area contributed by atoms with Crippen molar-refractivity contribution in [3.63, 3.8) is 0 Å². The van der Waals surface area contributed by atoms with E-state index in [1.807, 2.05) is 11.3 Å². The maximum atomic E-state index is 4.65. The van der Waals surface area contributed by atoms with Crippen LogP contribution in [-0.2, 0) is 6.42 Å². The van der Waals surface area contributed by atoms with Gasteiger partial charge in [-0.1, -0.05) is 26.7 Å². The van der Waals surface area contributed by atoms with Gasteiger partial charge in [-0.25, -0.2) is 4.98 Å². The molecule has 1 aliphatic carbocycles. The maximum Gasteiger partial charge on any atom is 0.0943 e. The Morgan fingerprint density at radius 2 is 2.32 bits per heavy atom. The van der Waals surface area contributed by atoms with Crippen LogP contribution in [0.2, 0.25) is 0 Å². The second kappa shape index (κ2) is 7.39. The molecular formula is C16H28N2S. The molecular weight excluding hydrogens is 252 g/mol. The number of aromatic nitrogens is 1. The highest BCUT2D eigenvalue weighted by molar-refractivity contribution is 7.09. The molecule has 0 amide bonds. The van der Waals surface area contributed by atoms with Crippen LogP contribution in [0.1, 0.15) is 56.7 Å². The van der Waals surface area contributed by atoms with Gasteiger partial charge in [-0.15, -0.1) is 11.3 Å². The first-order valence-electron chi connectivity index (χ1n) is 7.83. The van der Waals surface area contributed by atoms with E-state index in [9.17, 15) is 0 Å². The van der Waals surface area contributed by atoms with Crippen molar-refractivity contribution in [2.45, 2.75) is 65.3 Å². The molecule has 0 saturated heterocycles. The normalized spacial score (nSPS) is 25.4. The lowest BCUT2D eigenvalue weighted by atomic mass is 9.78. The maximum absolute atomic E-state index is 4.65. The summed E-state index contributed by atoms with van der Waals surface area (Å²) in [6.45, 7) is 7.90. The van der Waals surface area contributed by atoms with Gasteiger partial charge in [0.25, 0.3) is 0 Å². The van der Waals surface area contributed by atoms with Crippen molar-refractivity contribution in [3.05, 3.63) is 16.1 Å². The van der Waals surface area contributed by atoms with Crippen molar-refractivity contribution in [1.29, 1.82) is 0 Å². The molecule has 3 unspecified atom stereocenters. The predicted octanol–water partition coefficient (Wildman–Crippen LogP) is 4.19. The summed E-state index contributed by atoms with van der Waals surface area (Å²) in [4.78, 5) is 4.65. The van der Waals surface area contributed by atoms with Crippen LogP contribution < -0.4 is 5.32 Å². The van der Waals surface area contributed by atoms with Crippen LogP contribution in [0.3, 0.4) is 0 Å². The molecule has 1 aliphatic rings. The molecule has 0 aromatic carbocycles. The van der Waals surface area contributed by atoms with Crippen molar-refractivity contribution in [2.24, 2.45) is 11.8 Å². The Kier molecular flexibility index (Phi) is 5.83. The largest absolute Gasteiger partial charge is 0.313 e. The SMILES string of the molecule is CCCNC(Cc1nc(C)cs1)C1CCCC(C)C1. The van der Waals surface area contributed by atoms with Gasteiger partial charge >= 0.3 is 0 Å². The lowest BCUT2D eigenvalue weighted by Crippen LogP contribution is -2.40. The van der Waals surface area contributed by atoms with Gasteiger partial charge in [-0.05, 0) is 44.6 Å². The highest BCUT2D eigenvalue weighted by Crippen LogP contribution is 2.32. The molecule has 1 fully saturated rings. The fourth-order valence-corrected chi connectivity index (χ4v) is 4.10. The van der Waals surface area contributed by atoms with E-state index in [2.05, 4.69) is 36.5 Å². The number of hydrogen-bond acceptors (Lipinski definition) is 3. The number of rotatable bonds is 6. The molecule has 3 heteroatoms. The van der Waals surface area contributed by atoms with E-state index < -0.39 is 0 Å². The quantitative estimate of drug-likeness (QED) is 0.845. The Morgan fingerprint density at radius 1 is 1.47 bits per heavy atom. The molecule has 1 saturated carbocycles. The number of hydrogen-bond donors (Lipinski definition) is 1. The Bertz CT molecular complexity index is 375. The van der Waals surface area contributed by atoms with Gasteiger partial charge in [0.05, 0.1) is 5.01 Å². The zero-order chi connectivity index (χ0) is 13.7. The van der Waals surface area contributed by atoms with Gasteiger partial charge in [0.2, 0.25) is 0 Å². The number of aryl methyl sites for hydroxylation is 1. The first-order valence-corrected chi connectivity index (χ1v) is 8.71. The van der Waals surface area contributed by atoms with E-state index in [-0.39, 0.29) is 0 Å². The summed E-state index contributed by atoms with van der Waals surface area (Å²) in [5, 5.41) is 7.27. The minimum Gasteiger partial charge on any atom is -0.313 e. The van der Waals surface area contributed by atoms with Gasteiger partial charge in [0.15, 0.2) is 0 Å². The molecule has 0 spiro atoms. The van der Waals surface area contributed by atoms with Crippen LogP contribution in [0, 0.1) is 18.8 Å². The summed E-state index contributed by atoms with van der Waals surface area (Å²) in [5.74, 6) is 1.75. The molecule has 1 heterocycles. The van der Waals surface area contributed by atoms with E-state index >= 15 is 0 Å². The molecule has 19 heavy (non-hydrogen) atoms. The summed E-state index contributed by atoms with van der Waals surface area (Å²) >= 11 is 1.83. The molecule has 0 radical (unpaired) electrons. The van der Waals surface area contributed by atoms with Crippen molar-refractivity contribution < 1.29 is 0 Å². The smallest absolute Gasteiger partial charge is 0.0943 e. The fourth-order valence-electron chi connectivity index (χ4n) is 3.27. The second-order valence-corrected chi connectivity index (χ2v) is 7.12. The van der Waals surface area contributed by atoms with Gasteiger partial charge in [0, 0.05) is 23.5 Å². The molecule has 0 aliphatic heterocycles. The summed E-state index contributed by atoms with van der Waals surface area (Å²) < 4.78 is 0. The third-order valence-corrected chi connectivity index (χ3v) is 5.25. The summed E-state index contributed by atoms with van der Waals surface area (Å²) in [6, 6.07) is 0.633. The Labute approximate surface area is 122 Å². The minimum absolute atomic E-state index is 0.633. The summed E-state index contributed by atoms with van der Waals surface area (Å²) in [5.41, 5.74) is 1.17. The zero-order valence-electron chi connectivity index (χ0n) is 12.6. The zero-order valence-corrected chi connectivity index (χ0v) is 13.4. The van der Waals surface area contributed by atoms with Crippen LogP contribution in [0.25, 0.3) is 0 Å². The molecule has 1 N–H and O–H groups in total. The Balaban J connectivity index is 1.97. The number of nitrogens with zero attached hydrogens (tertiary/aromatic N) is 1. The van der Waals surface area contributed by atoms with E-state index in [4.69, 9.17) is 0 Å². The van der Waals surface area contributed by atoms with Crippen LogP contribution in [-0.4, -0.2) is 17.6 Å². The van der Waals surface area contributed by atoms with E-state index in [1.165, 1.54) is 42.8 Å². The van der Waals surface area contributed by atoms with Crippen LogP contribution in [0.4, 0.5) is 0 Å². The monoisotopic (exact) mass is 280 g/mol. The van der Waals surface area contributed by atoms with Gasteiger partial charge < -0.3 is 5.32 Å². The molecule has 1 aromatic heterocycles. The third kappa shape index (κ3) is 4.57. The van der Waals surface area contributed by atoms with E-state index in [0.29, 0.717) is 6.04 Å². The molecule has 3 atom stereocenters. The van der Waals surface area contributed by atoms with E-state index in [0.717, 1.165) is 24.8 Å². The highest BCUT2D eigenvalue weighted by atomic mass is 32.1. The van der Waals surface area contributed by atoms with E-state index in [1.54, 1.807) is 0 Å². The lowest BCUT2D eigenvalue weighted by Gasteiger charge is -2.33. The van der Waals surface area contributed by atoms with Crippen LogP contribution >= 0.6 is 11.3 Å². The second-order valence-electron chi connectivity index (χ2n) is 6.18. The van der Waals surface area contributed by atoms with Gasteiger partial charge in [-0.3, -0.25) is 0 Å². The van der Waals surface area contributed by atoms with Gasteiger partial charge in [0.1, 0.15) is 0 Å². The van der Waals surface area contributed by atoms with Crippen molar-refractivity contribution in [2.75, 3.05) is 6.54 Å². The first kappa shape index (κ1) is 15.0. The molecule has 108 valence electrons. The summed E-state index contributed by atoms with van der Waals surface area (Å²) in [6.07, 6.45) is 7.97. The van der Waals surface area contributed by atoms with Crippen LogP contribution in [0.15, 0.2) is 5.38 Å². The summed E-state index contributed by atoms with van der Waals surface area (Å²) in [7, 11) is 0. The van der Waals surface area contributed by atoms with Crippen LogP contribution in [0.5, 0.6) is 0 Å². The van der Waals surface area contributed by atoms with Crippen molar-refractivity contribution >= 4 is 11.3 Å². The topological polar surface area (TPSA) is 24.9 Å². The lowest BCUT2D eigenvalue weighted by molar-refractivity contribution is 0.221. The number of thiazole rings is 1. The molecule has 2 rings (SSSR count). The third-order valence-electron chi connectivity index (χ3n) is 4.26. The standard InChI is InChI=1S/C16H28N2S/c1-4-8-17-15(10-16-18-13(3)11-19-16)14-7-5-6-12(2)9-14/h11-12,14-15,17H,4-10H2,1-3H3. The molecule has 2 nitrogen and oxygen atoms in total. The highest BCUT2D eigenvalue weighted by Gasteiger charge is 2.27. The number of nitrogens with one attached hydrogen (secondary N) is 1.